The first-order chi connectivity index (χ1) is 13.5. The van der Waals surface area contributed by atoms with E-state index in [4.69, 9.17) is 23.2 Å². The Hall–Kier alpha value is -2.02. The zero-order valence-corrected chi connectivity index (χ0v) is 17.6. The van der Waals surface area contributed by atoms with Crippen molar-refractivity contribution in [3.8, 4) is 0 Å². The van der Waals surface area contributed by atoms with Crippen molar-refractivity contribution in [2.45, 2.75) is 31.6 Å². The van der Waals surface area contributed by atoms with Crippen LogP contribution in [0, 0.1) is 0 Å². The molecule has 8 heteroatoms. The molecule has 0 fully saturated rings. The van der Waals surface area contributed by atoms with E-state index in [9.17, 15) is 9.59 Å². The highest BCUT2D eigenvalue weighted by Crippen LogP contribution is 2.21. The molecule has 3 rings (SSSR count). The molecule has 0 aliphatic rings. The smallest absolute Gasteiger partial charge is 0.262 e. The summed E-state index contributed by atoms with van der Waals surface area (Å²) in [6.07, 6.45) is 0.785. The van der Waals surface area contributed by atoms with Gasteiger partial charge in [-0.1, -0.05) is 60.1 Å². The summed E-state index contributed by atoms with van der Waals surface area (Å²) in [5.74, 6) is -0.0134. The predicted molar refractivity (Wildman–Crippen MR) is 115 cm³/mol. The van der Waals surface area contributed by atoms with Crippen LogP contribution in [0.4, 0.5) is 0 Å². The van der Waals surface area contributed by atoms with E-state index in [0.29, 0.717) is 39.2 Å². The van der Waals surface area contributed by atoms with Crippen molar-refractivity contribution in [2.24, 2.45) is 0 Å². The van der Waals surface area contributed by atoms with E-state index in [1.165, 1.54) is 11.8 Å². The fraction of sp³-hybridized carbons (Fsp3) is 0.250. The van der Waals surface area contributed by atoms with Gasteiger partial charge in [0.05, 0.1) is 16.7 Å². The molecule has 0 aliphatic carbocycles. The van der Waals surface area contributed by atoms with Crippen LogP contribution in [-0.2, 0) is 17.9 Å². The van der Waals surface area contributed by atoms with Gasteiger partial charge >= 0.3 is 0 Å². The molecule has 0 radical (unpaired) electrons. The first kappa shape index (κ1) is 20.7. The molecule has 0 unspecified atom stereocenters. The zero-order valence-electron chi connectivity index (χ0n) is 15.2. The molecule has 0 saturated heterocycles. The van der Waals surface area contributed by atoms with Gasteiger partial charge in [0, 0.05) is 23.1 Å². The lowest BCUT2D eigenvalue weighted by Crippen LogP contribution is -2.27. The number of fused-ring (bicyclic) bond motifs is 1. The molecule has 2 aromatic carbocycles. The normalized spacial score (nSPS) is 11.0. The third-order valence-corrected chi connectivity index (χ3v) is 5.68. The Kier molecular flexibility index (Phi) is 6.99. The highest BCUT2D eigenvalue weighted by atomic mass is 35.5. The Balaban J connectivity index is 1.75. The van der Waals surface area contributed by atoms with Gasteiger partial charge in [-0.05, 0) is 36.2 Å². The summed E-state index contributed by atoms with van der Waals surface area (Å²) < 4.78 is 1.61. The van der Waals surface area contributed by atoms with Crippen LogP contribution in [0.15, 0.2) is 52.4 Å². The van der Waals surface area contributed by atoms with Gasteiger partial charge in [0.2, 0.25) is 5.91 Å². The number of hydrogen-bond acceptors (Lipinski definition) is 4. The van der Waals surface area contributed by atoms with Crippen LogP contribution in [0.3, 0.4) is 0 Å². The number of benzene rings is 2. The van der Waals surface area contributed by atoms with Crippen molar-refractivity contribution in [3.63, 3.8) is 0 Å². The van der Waals surface area contributed by atoms with E-state index >= 15 is 0 Å². The maximum Gasteiger partial charge on any atom is 0.262 e. The topological polar surface area (TPSA) is 64.0 Å². The van der Waals surface area contributed by atoms with Gasteiger partial charge < -0.3 is 5.32 Å². The lowest BCUT2D eigenvalue weighted by molar-refractivity contribution is -0.118. The quantitative estimate of drug-likeness (QED) is 0.437. The average Bonchev–Trinajstić information content (AvgIpc) is 2.68. The predicted octanol–water partition coefficient (Wildman–Crippen LogP) is 4.52. The molecule has 5 nitrogen and oxygen atoms in total. The first-order valence-electron chi connectivity index (χ1n) is 8.82. The summed E-state index contributed by atoms with van der Waals surface area (Å²) in [5, 5.41) is 5.00. The van der Waals surface area contributed by atoms with E-state index < -0.39 is 0 Å². The molecule has 0 spiro atoms. The van der Waals surface area contributed by atoms with E-state index in [-0.39, 0.29) is 17.2 Å². The Morgan fingerprint density at radius 3 is 2.75 bits per heavy atom. The van der Waals surface area contributed by atoms with E-state index in [1.54, 1.807) is 28.8 Å². The molecule has 1 N–H and O–H groups in total. The van der Waals surface area contributed by atoms with Gasteiger partial charge in [-0.15, -0.1) is 0 Å². The molecule has 146 valence electrons. The Labute approximate surface area is 177 Å². The molecule has 0 saturated carbocycles. The SMILES string of the molecule is CCCn1c(SCC(=O)NCc2ccccc2Cl)nc2cc(Cl)ccc2c1=O. The lowest BCUT2D eigenvalue weighted by atomic mass is 10.2. The average molecular weight is 436 g/mol. The number of hydrogen-bond donors (Lipinski definition) is 1. The lowest BCUT2D eigenvalue weighted by Gasteiger charge is -2.12. The second-order valence-corrected chi connectivity index (χ2v) is 7.96. The zero-order chi connectivity index (χ0) is 20.1. The minimum absolute atomic E-state index is 0.123. The number of nitrogens with one attached hydrogen (secondary N) is 1. The minimum atomic E-state index is -0.159. The maximum atomic E-state index is 12.8. The van der Waals surface area contributed by atoms with E-state index in [1.807, 2.05) is 25.1 Å². The van der Waals surface area contributed by atoms with Gasteiger partial charge in [-0.3, -0.25) is 14.2 Å². The molecule has 1 aromatic heterocycles. The second kappa shape index (κ2) is 9.45. The summed E-state index contributed by atoms with van der Waals surface area (Å²) in [6, 6.07) is 12.4. The minimum Gasteiger partial charge on any atom is -0.351 e. The Morgan fingerprint density at radius 1 is 1.21 bits per heavy atom. The summed E-state index contributed by atoms with van der Waals surface area (Å²) in [7, 11) is 0. The molecule has 1 amide bonds. The summed E-state index contributed by atoms with van der Waals surface area (Å²) in [4.78, 5) is 29.6. The molecular weight excluding hydrogens is 417 g/mol. The first-order valence-corrected chi connectivity index (χ1v) is 10.6. The third-order valence-electron chi connectivity index (χ3n) is 4.10. The van der Waals surface area contributed by atoms with Crippen molar-refractivity contribution < 1.29 is 4.79 Å². The van der Waals surface area contributed by atoms with Crippen LogP contribution in [0.1, 0.15) is 18.9 Å². The van der Waals surface area contributed by atoms with Crippen molar-refractivity contribution in [1.29, 1.82) is 0 Å². The standard InChI is InChI=1S/C20H19Cl2N3O2S/c1-2-9-25-19(27)15-8-7-14(21)10-17(15)24-20(25)28-12-18(26)23-11-13-5-3-4-6-16(13)22/h3-8,10H,2,9,11-12H2,1H3,(H,23,26). The van der Waals surface area contributed by atoms with Crippen LogP contribution >= 0.6 is 35.0 Å². The number of halogens is 2. The van der Waals surface area contributed by atoms with Gasteiger partial charge in [0.15, 0.2) is 5.16 Å². The van der Waals surface area contributed by atoms with Crippen LogP contribution < -0.4 is 10.9 Å². The molecule has 0 atom stereocenters. The molecule has 0 aliphatic heterocycles. The van der Waals surface area contributed by atoms with Gasteiger partial charge in [-0.2, -0.15) is 0 Å². The van der Waals surface area contributed by atoms with E-state index in [0.717, 1.165) is 12.0 Å². The number of aromatic nitrogens is 2. The number of amides is 1. The van der Waals surface area contributed by atoms with Crippen LogP contribution in [0.5, 0.6) is 0 Å². The van der Waals surface area contributed by atoms with Gasteiger partial charge in [0.1, 0.15) is 0 Å². The Bertz CT molecular complexity index is 1070. The van der Waals surface area contributed by atoms with Crippen LogP contribution in [-0.4, -0.2) is 21.2 Å². The van der Waals surface area contributed by atoms with Crippen LogP contribution in [0.25, 0.3) is 10.9 Å². The largest absolute Gasteiger partial charge is 0.351 e. The van der Waals surface area contributed by atoms with Crippen LogP contribution in [0.2, 0.25) is 10.0 Å². The number of nitrogens with zero attached hydrogens (tertiary/aromatic N) is 2. The van der Waals surface area contributed by atoms with Crippen molar-refractivity contribution in [3.05, 3.63) is 68.4 Å². The Morgan fingerprint density at radius 2 is 2.00 bits per heavy atom. The fourth-order valence-electron chi connectivity index (χ4n) is 2.72. The van der Waals surface area contributed by atoms with Crippen molar-refractivity contribution in [2.75, 3.05) is 5.75 Å². The number of carbonyl (C=O) groups is 1. The van der Waals surface area contributed by atoms with E-state index in [2.05, 4.69) is 10.3 Å². The van der Waals surface area contributed by atoms with Gasteiger partial charge in [0.25, 0.3) is 5.56 Å². The number of rotatable bonds is 7. The highest BCUT2D eigenvalue weighted by Gasteiger charge is 2.13. The fourth-order valence-corrected chi connectivity index (χ4v) is 3.95. The van der Waals surface area contributed by atoms with Crippen molar-refractivity contribution in [1.82, 2.24) is 14.9 Å². The second-order valence-electron chi connectivity index (χ2n) is 6.17. The van der Waals surface area contributed by atoms with Gasteiger partial charge in [-0.25, -0.2) is 4.98 Å². The summed E-state index contributed by atoms with van der Waals surface area (Å²) in [5.41, 5.74) is 1.26. The molecule has 28 heavy (non-hydrogen) atoms. The monoisotopic (exact) mass is 435 g/mol. The highest BCUT2D eigenvalue weighted by molar-refractivity contribution is 7.99. The number of thioether (sulfide) groups is 1. The summed E-state index contributed by atoms with van der Waals surface area (Å²) in [6.45, 7) is 2.87. The number of carbonyl (C=O) groups excluding carboxylic acids is 1. The van der Waals surface area contributed by atoms with Crippen molar-refractivity contribution >= 4 is 51.8 Å². The molecule has 3 aromatic rings. The summed E-state index contributed by atoms with van der Waals surface area (Å²) >= 11 is 13.4. The molecule has 1 heterocycles. The third kappa shape index (κ3) is 4.87. The molecule has 0 bridgehead atoms. The maximum absolute atomic E-state index is 12.8. The molecular formula is C20H19Cl2N3O2S.